The predicted octanol–water partition coefficient (Wildman–Crippen LogP) is 5.90. The SMILES string of the molecule is CC.CC.Nc1cc(C2CC3CCC2C3)ccc1O.Nc1ccccc1O. The first kappa shape index (κ1) is 22.7. The van der Waals surface area contributed by atoms with Crippen LogP contribution in [-0.4, -0.2) is 10.2 Å². The van der Waals surface area contributed by atoms with Gasteiger partial charge in [-0.1, -0.05) is 52.3 Å². The molecular weight excluding hydrogens is 336 g/mol. The lowest BCUT2D eigenvalue weighted by Crippen LogP contribution is -2.08. The molecular formula is C23H36N2O2. The number of rotatable bonds is 1. The van der Waals surface area contributed by atoms with E-state index in [1.807, 2.05) is 39.8 Å². The number of hydrogen-bond acceptors (Lipinski definition) is 4. The number of nitrogen functional groups attached to an aromatic ring is 2. The number of phenolic OH excluding ortho intramolecular Hbond substituents is 2. The van der Waals surface area contributed by atoms with Crippen LogP contribution in [0.2, 0.25) is 0 Å². The molecule has 2 aromatic carbocycles. The molecule has 3 atom stereocenters. The van der Waals surface area contributed by atoms with Gasteiger partial charge >= 0.3 is 0 Å². The molecule has 2 aliphatic carbocycles. The first-order chi connectivity index (χ1) is 13.0. The summed E-state index contributed by atoms with van der Waals surface area (Å²) in [5, 5.41) is 18.2. The lowest BCUT2D eigenvalue weighted by molar-refractivity contribution is 0.419. The first-order valence-corrected chi connectivity index (χ1v) is 10.2. The van der Waals surface area contributed by atoms with E-state index in [1.54, 1.807) is 30.3 Å². The molecule has 0 heterocycles. The van der Waals surface area contributed by atoms with Crippen molar-refractivity contribution < 1.29 is 10.2 Å². The third-order valence-electron chi connectivity index (χ3n) is 5.15. The molecule has 2 fully saturated rings. The zero-order chi connectivity index (χ0) is 20.4. The van der Waals surface area contributed by atoms with Crippen molar-refractivity contribution in [1.29, 1.82) is 0 Å². The van der Waals surface area contributed by atoms with E-state index < -0.39 is 0 Å². The van der Waals surface area contributed by atoms with Crippen LogP contribution in [0.5, 0.6) is 11.5 Å². The number of fused-ring (bicyclic) bond motifs is 2. The maximum Gasteiger partial charge on any atom is 0.138 e. The molecule has 0 aromatic heterocycles. The molecule has 0 saturated heterocycles. The van der Waals surface area contributed by atoms with Crippen LogP contribution < -0.4 is 11.5 Å². The molecule has 4 nitrogen and oxygen atoms in total. The highest BCUT2D eigenvalue weighted by Gasteiger charge is 2.40. The van der Waals surface area contributed by atoms with E-state index in [1.165, 1.54) is 31.2 Å². The van der Waals surface area contributed by atoms with Crippen LogP contribution >= 0.6 is 0 Å². The van der Waals surface area contributed by atoms with Gasteiger partial charge in [0.25, 0.3) is 0 Å². The minimum atomic E-state index is 0.146. The molecule has 0 aliphatic heterocycles. The second kappa shape index (κ2) is 11.4. The van der Waals surface area contributed by atoms with Gasteiger partial charge < -0.3 is 21.7 Å². The summed E-state index contributed by atoms with van der Waals surface area (Å²) in [5.74, 6) is 2.88. The fourth-order valence-electron chi connectivity index (χ4n) is 3.94. The molecule has 0 amide bonds. The first-order valence-electron chi connectivity index (χ1n) is 10.2. The summed E-state index contributed by atoms with van der Waals surface area (Å²) in [7, 11) is 0. The van der Waals surface area contributed by atoms with Gasteiger partial charge in [0.1, 0.15) is 11.5 Å². The third-order valence-corrected chi connectivity index (χ3v) is 5.15. The van der Waals surface area contributed by atoms with Gasteiger partial charge in [-0.25, -0.2) is 0 Å². The van der Waals surface area contributed by atoms with Crippen molar-refractivity contribution >= 4 is 11.4 Å². The van der Waals surface area contributed by atoms with Crippen molar-refractivity contribution in [2.24, 2.45) is 11.8 Å². The highest BCUT2D eigenvalue weighted by Crippen LogP contribution is 2.53. The minimum Gasteiger partial charge on any atom is -0.506 e. The maximum absolute atomic E-state index is 9.39. The van der Waals surface area contributed by atoms with E-state index in [-0.39, 0.29) is 11.5 Å². The molecule has 2 aliphatic rings. The number of anilines is 2. The largest absolute Gasteiger partial charge is 0.506 e. The molecule has 4 heteroatoms. The van der Waals surface area contributed by atoms with Gasteiger partial charge in [-0.15, -0.1) is 0 Å². The number of hydrogen-bond donors (Lipinski definition) is 4. The van der Waals surface area contributed by atoms with Crippen LogP contribution in [0.15, 0.2) is 42.5 Å². The van der Waals surface area contributed by atoms with Gasteiger partial charge in [0.05, 0.1) is 11.4 Å². The Labute approximate surface area is 164 Å². The average Bonchev–Trinajstić information content (AvgIpc) is 3.34. The second-order valence-corrected chi connectivity index (χ2v) is 6.66. The highest BCUT2D eigenvalue weighted by molar-refractivity contribution is 5.54. The second-order valence-electron chi connectivity index (χ2n) is 6.66. The van der Waals surface area contributed by atoms with E-state index in [4.69, 9.17) is 16.6 Å². The summed E-state index contributed by atoms with van der Waals surface area (Å²) in [6.45, 7) is 8.00. The molecule has 27 heavy (non-hydrogen) atoms. The number of benzene rings is 2. The molecule has 3 unspecified atom stereocenters. The van der Waals surface area contributed by atoms with E-state index in [0.717, 1.165) is 11.8 Å². The van der Waals surface area contributed by atoms with E-state index in [0.29, 0.717) is 17.3 Å². The molecule has 6 N–H and O–H groups in total. The van der Waals surface area contributed by atoms with Crippen LogP contribution in [0.4, 0.5) is 11.4 Å². The van der Waals surface area contributed by atoms with Gasteiger partial charge in [-0.05, 0) is 66.8 Å². The predicted molar refractivity (Wildman–Crippen MR) is 116 cm³/mol. The molecule has 0 radical (unpaired) electrons. The van der Waals surface area contributed by atoms with Crippen LogP contribution in [0, 0.1) is 11.8 Å². The number of nitrogens with two attached hydrogens (primary N) is 2. The summed E-state index contributed by atoms with van der Waals surface area (Å²) < 4.78 is 0. The van der Waals surface area contributed by atoms with E-state index in [9.17, 15) is 5.11 Å². The third kappa shape index (κ3) is 6.09. The molecule has 4 rings (SSSR count). The lowest BCUT2D eigenvalue weighted by atomic mass is 9.83. The fraction of sp³-hybridized carbons (Fsp3) is 0.478. The zero-order valence-electron chi connectivity index (χ0n) is 17.2. The van der Waals surface area contributed by atoms with Crippen molar-refractivity contribution in [2.45, 2.75) is 59.3 Å². The van der Waals surface area contributed by atoms with Crippen LogP contribution in [0.3, 0.4) is 0 Å². The van der Waals surface area contributed by atoms with Gasteiger partial charge in [0.2, 0.25) is 0 Å². The Hall–Kier alpha value is -2.36. The topological polar surface area (TPSA) is 92.5 Å². The molecule has 0 spiro atoms. The Morgan fingerprint density at radius 2 is 1.41 bits per heavy atom. The fourth-order valence-corrected chi connectivity index (χ4v) is 3.94. The molecule has 2 bridgehead atoms. The standard InChI is InChI=1S/C13H17NO.C6H7NO.2C2H6/c14-12-7-10(3-4-13(12)15)11-6-8-1-2-9(11)5-8;7-5-3-1-2-4-6(5)8;2*1-2/h3-4,7-9,11,15H,1-2,5-6,14H2;1-4,8H,7H2;2*1-2H3. The Morgan fingerprint density at radius 3 is 1.85 bits per heavy atom. The summed E-state index contributed by atoms with van der Waals surface area (Å²) in [6, 6.07) is 12.4. The average molecular weight is 373 g/mol. The minimum absolute atomic E-state index is 0.146. The summed E-state index contributed by atoms with van der Waals surface area (Å²) >= 11 is 0. The summed E-state index contributed by atoms with van der Waals surface area (Å²) in [6.07, 6.45) is 5.55. The Morgan fingerprint density at radius 1 is 0.778 bits per heavy atom. The number of aromatic hydroxyl groups is 2. The van der Waals surface area contributed by atoms with E-state index >= 15 is 0 Å². The molecule has 150 valence electrons. The van der Waals surface area contributed by atoms with Crippen molar-refractivity contribution in [3.05, 3.63) is 48.0 Å². The number of para-hydroxylation sites is 2. The smallest absolute Gasteiger partial charge is 0.138 e. The summed E-state index contributed by atoms with van der Waals surface area (Å²) in [4.78, 5) is 0. The van der Waals surface area contributed by atoms with Crippen molar-refractivity contribution in [1.82, 2.24) is 0 Å². The van der Waals surface area contributed by atoms with Crippen molar-refractivity contribution in [3.8, 4) is 11.5 Å². The quantitative estimate of drug-likeness (QED) is 0.370. The van der Waals surface area contributed by atoms with Gasteiger partial charge in [0, 0.05) is 0 Å². The van der Waals surface area contributed by atoms with Gasteiger partial charge in [-0.3, -0.25) is 0 Å². The lowest BCUT2D eigenvalue weighted by Gasteiger charge is -2.22. The highest BCUT2D eigenvalue weighted by atomic mass is 16.3. The van der Waals surface area contributed by atoms with Crippen LogP contribution in [-0.2, 0) is 0 Å². The van der Waals surface area contributed by atoms with Crippen molar-refractivity contribution in [3.63, 3.8) is 0 Å². The Bertz CT molecular complexity index is 667. The normalized spacial score (nSPS) is 21.7. The van der Waals surface area contributed by atoms with Gasteiger partial charge in [0.15, 0.2) is 0 Å². The Balaban J connectivity index is 0.000000259. The Kier molecular flexibility index (Phi) is 9.55. The monoisotopic (exact) mass is 372 g/mol. The van der Waals surface area contributed by atoms with Gasteiger partial charge in [-0.2, -0.15) is 0 Å². The van der Waals surface area contributed by atoms with E-state index in [2.05, 4.69) is 0 Å². The number of phenols is 2. The molecule has 2 saturated carbocycles. The zero-order valence-corrected chi connectivity index (χ0v) is 17.2. The van der Waals surface area contributed by atoms with Crippen molar-refractivity contribution in [2.75, 3.05) is 11.5 Å². The molecule has 2 aromatic rings. The summed E-state index contributed by atoms with van der Waals surface area (Å²) in [5.41, 5.74) is 13.3. The van der Waals surface area contributed by atoms with Crippen LogP contribution in [0.1, 0.15) is 64.9 Å². The van der Waals surface area contributed by atoms with Crippen LogP contribution in [0.25, 0.3) is 0 Å². The maximum atomic E-state index is 9.39.